The molecular weight excluding hydrogens is 414 g/mol. The summed E-state index contributed by atoms with van der Waals surface area (Å²) in [5, 5.41) is 4.08. The maximum absolute atomic E-state index is 13.2. The summed E-state index contributed by atoms with van der Waals surface area (Å²) in [4.78, 5) is 29.9. The number of nitrogens with zero attached hydrogens (tertiary/aromatic N) is 1. The SMILES string of the molecule is CN1c2ccc(C=C3C(=O)c4cc5ccccc5cc4C3=O)cc2C(C)(C)c2sccc21. The van der Waals surface area contributed by atoms with E-state index in [1.807, 2.05) is 42.5 Å². The molecule has 6 rings (SSSR count). The van der Waals surface area contributed by atoms with E-state index in [0.29, 0.717) is 11.1 Å². The fourth-order valence-electron chi connectivity index (χ4n) is 5.03. The second-order valence-electron chi connectivity index (χ2n) is 9.06. The number of carbonyl (C=O) groups excluding carboxylic acids is 2. The van der Waals surface area contributed by atoms with Crippen LogP contribution < -0.4 is 4.90 Å². The van der Waals surface area contributed by atoms with E-state index in [9.17, 15) is 9.59 Å². The molecule has 2 aliphatic rings. The lowest BCUT2D eigenvalue weighted by atomic mass is 9.78. The summed E-state index contributed by atoms with van der Waals surface area (Å²) in [5.74, 6) is -0.379. The van der Waals surface area contributed by atoms with Gasteiger partial charge in [0.05, 0.1) is 11.3 Å². The first-order chi connectivity index (χ1) is 15.4. The molecule has 3 nitrogen and oxygen atoms in total. The molecular formula is C28H21NO2S. The van der Waals surface area contributed by atoms with Crippen LogP contribution in [0.5, 0.6) is 0 Å². The molecule has 1 aliphatic carbocycles. The molecule has 0 atom stereocenters. The van der Waals surface area contributed by atoms with Crippen LogP contribution in [0.3, 0.4) is 0 Å². The zero-order valence-electron chi connectivity index (χ0n) is 18.1. The van der Waals surface area contributed by atoms with Gasteiger partial charge in [0, 0.05) is 34.2 Å². The number of carbonyl (C=O) groups is 2. The van der Waals surface area contributed by atoms with E-state index in [4.69, 9.17) is 0 Å². The Morgan fingerprint density at radius 2 is 1.50 bits per heavy atom. The van der Waals surface area contributed by atoms with E-state index in [1.54, 1.807) is 17.4 Å². The van der Waals surface area contributed by atoms with Crippen LogP contribution in [0.4, 0.5) is 11.4 Å². The number of Topliss-reactive ketones (excluding diaryl/α,β-unsaturated/α-hetero) is 2. The summed E-state index contributed by atoms with van der Waals surface area (Å²) in [5.41, 5.74) is 5.56. The summed E-state index contributed by atoms with van der Waals surface area (Å²) >= 11 is 1.77. The van der Waals surface area contributed by atoms with Gasteiger partial charge >= 0.3 is 0 Å². The predicted octanol–water partition coefficient (Wildman–Crippen LogP) is 6.77. The monoisotopic (exact) mass is 435 g/mol. The predicted molar refractivity (Wildman–Crippen MR) is 132 cm³/mol. The van der Waals surface area contributed by atoms with E-state index < -0.39 is 0 Å². The highest BCUT2D eigenvalue weighted by atomic mass is 32.1. The minimum absolute atomic E-state index is 0.149. The number of anilines is 2. The van der Waals surface area contributed by atoms with Crippen LogP contribution in [-0.4, -0.2) is 18.6 Å². The fourth-order valence-corrected chi connectivity index (χ4v) is 6.09. The molecule has 0 saturated heterocycles. The smallest absolute Gasteiger partial charge is 0.197 e. The van der Waals surface area contributed by atoms with Gasteiger partial charge in [-0.2, -0.15) is 0 Å². The maximum atomic E-state index is 13.2. The van der Waals surface area contributed by atoms with Gasteiger partial charge in [-0.25, -0.2) is 0 Å². The average Bonchev–Trinajstić information content (AvgIpc) is 3.38. The van der Waals surface area contributed by atoms with Crippen LogP contribution in [-0.2, 0) is 5.41 Å². The Morgan fingerprint density at radius 3 is 2.16 bits per heavy atom. The molecule has 0 radical (unpaired) electrons. The summed E-state index contributed by atoms with van der Waals surface area (Å²) in [6, 6.07) is 19.9. The van der Waals surface area contributed by atoms with Gasteiger partial charge in [0.25, 0.3) is 0 Å². The van der Waals surface area contributed by atoms with Crippen molar-refractivity contribution in [3.63, 3.8) is 0 Å². The van der Waals surface area contributed by atoms with Crippen LogP contribution in [0.15, 0.2) is 71.6 Å². The summed E-state index contributed by atoms with van der Waals surface area (Å²) in [7, 11) is 2.09. The summed E-state index contributed by atoms with van der Waals surface area (Å²) in [6.07, 6.45) is 1.76. The summed E-state index contributed by atoms with van der Waals surface area (Å²) < 4.78 is 0. The quantitative estimate of drug-likeness (QED) is 0.244. The number of hydrogen-bond acceptors (Lipinski definition) is 4. The van der Waals surface area contributed by atoms with Crippen LogP contribution >= 0.6 is 11.3 Å². The number of fused-ring (bicyclic) bond motifs is 4. The van der Waals surface area contributed by atoms with Crippen molar-refractivity contribution in [1.29, 1.82) is 0 Å². The number of benzene rings is 3. The third-order valence-corrected chi connectivity index (χ3v) is 8.03. The molecule has 0 amide bonds. The van der Waals surface area contributed by atoms with Gasteiger partial charge in [-0.15, -0.1) is 11.3 Å². The van der Waals surface area contributed by atoms with Crippen LogP contribution in [0.25, 0.3) is 16.8 Å². The van der Waals surface area contributed by atoms with Crippen molar-refractivity contribution >= 4 is 51.1 Å². The molecule has 1 aliphatic heterocycles. The third-order valence-electron chi connectivity index (χ3n) is 6.80. The molecule has 2 heterocycles. The van der Waals surface area contributed by atoms with Gasteiger partial charge in [0.2, 0.25) is 0 Å². The summed E-state index contributed by atoms with van der Waals surface area (Å²) in [6.45, 7) is 4.47. The van der Waals surface area contributed by atoms with Crippen LogP contribution in [0.2, 0.25) is 0 Å². The molecule has 1 aromatic heterocycles. The molecule has 156 valence electrons. The van der Waals surface area contributed by atoms with Crippen LogP contribution in [0, 0.1) is 0 Å². The van der Waals surface area contributed by atoms with Gasteiger partial charge in [-0.05, 0) is 63.7 Å². The van der Waals surface area contributed by atoms with E-state index in [0.717, 1.165) is 22.0 Å². The Morgan fingerprint density at radius 1 is 0.844 bits per heavy atom. The first-order valence-electron chi connectivity index (χ1n) is 10.7. The average molecular weight is 436 g/mol. The van der Waals surface area contributed by atoms with Crippen molar-refractivity contribution in [1.82, 2.24) is 0 Å². The Balaban J connectivity index is 1.46. The highest BCUT2D eigenvalue weighted by Gasteiger charge is 2.37. The zero-order chi connectivity index (χ0) is 22.2. The van der Waals surface area contributed by atoms with Crippen molar-refractivity contribution in [2.45, 2.75) is 19.3 Å². The highest BCUT2D eigenvalue weighted by molar-refractivity contribution is 7.10. The molecule has 0 saturated carbocycles. The topological polar surface area (TPSA) is 37.4 Å². The lowest BCUT2D eigenvalue weighted by Crippen LogP contribution is -2.29. The molecule has 3 aromatic carbocycles. The number of rotatable bonds is 1. The van der Waals surface area contributed by atoms with E-state index in [-0.39, 0.29) is 22.6 Å². The molecule has 4 aromatic rings. The van der Waals surface area contributed by atoms with Crippen molar-refractivity contribution in [2.24, 2.45) is 0 Å². The largest absolute Gasteiger partial charge is 0.343 e. The molecule has 0 spiro atoms. The van der Waals surface area contributed by atoms with Crippen molar-refractivity contribution in [3.8, 4) is 0 Å². The standard InChI is InChI=1S/C28H21NO2S/c1-28(2)22-13-16(8-9-23(22)29(3)24-10-11-32-27(24)28)12-21-25(30)19-14-17-6-4-5-7-18(17)15-20(19)26(21)31/h4-15H,1-3H3. The first kappa shape index (κ1) is 19.2. The molecule has 0 N–H and O–H groups in total. The molecule has 0 bridgehead atoms. The first-order valence-corrected chi connectivity index (χ1v) is 11.5. The highest BCUT2D eigenvalue weighted by Crippen LogP contribution is 2.50. The second kappa shape index (κ2) is 6.50. The van der Waals surface area contributed by atoms with Gasteiger partial charge in [-0.1, -0.05) is 44.2 Å². The lowest BCUT2D eigenvalue weighted by molar-refractivity contribution is 0.0990. The molecule has 0 unspecified atom stereocenters. The second-order valence-corrected chi connectivity index (χ2v) is 9.97. The molecule has 32 heavy (non-hydrogen) atoms. The Hall–Kier alpha value is -3.50. The maximum Gasteiger partial charge on any atom is 0.197 e. The number of ketones is 2. The van der Waals surface area contributed by atoms with E-state index in [2.05, 4.69) is 49.4 Å². The molecule has 4 heteroatoms. The van der Waals surface area contributed by atoms with Gasteiger partial charge in [0.1, 0.15) is 0 Å². The number of hydrogen-bond donors (Lipinski definition) is 0. The normalized spacial score (nSPS) is 16.2. The van der Waals surface area contributed by atoms with Crippen LogP contribution in [0.1, 0.15) is 50.6 Å². The Labute approximate surface area is 190 Å². The van der Waals surface area contributed by atoms with Gasteiger partial charge in [0.15, 0.2) is 11.6 Å². The zero-order valence-corrected chi connectivity index (χ0v) is 18.9. The third kappa shape index (κ3) is 2.53. The Bertz CT molecular complexity index is 1450. The van der Waals surface area contributed by atoms with Crippen molar-refractivity contribution < 1.29 is 9.59 Å². The van der Waals surface area contributed by atoms with E-state index >= 15 is 0 Å². The number of thiophene rings is 1. The van der Waals surface area contributed by atoms with E-state index in [1.165, 1.54) is 16.1 Å². The van der Waals surface area contributed by atoms with Crippen molar-refractivity contribution in [3.05, 3.63) is 98.7 Å². The fraction of sp³-hybridized carbons (Fsp3) is 0.143. The number of allylic oxidation sites excluding steroid dienone is 1. The lowest BCUT2D eigenvalue weighted by Gasteiger charge is -2.38. The van der Waals surface area contributed by atoms with Gasteiger partial charge < -0.3 is 4.90 Å². The van der Waals surface area contributed by atoms with Crippen molar-refractivity contribution in [2.75, 3.05) is 11.9 Å². The minimum atomic E-state index is -0.189. The van der Waals surface area contributed by atoms with Gasteiger partial charge in [-0.3, -0.25) is 9.59 Å². The molecule has 0 fully saturated rings. The Kier molecular flexibility index (Phi) is 3.90. The minimum Gasteiger partial charge on any atom is -0.343 e.